The van der Waals surface area contributed by atoms with Crippen LogP contribution in [-0.2, 0) is 33.5 Å². The second-order valence-corrected chi connectivity index (χ2v) is 20.0. The van der Waals surface area contributed by atoms with Gasteiger partial charge in [0.15, 0.2) is 5.41 Å². The number of carboxylic acid groups (broad SMARTS) is 2. The van der Waals surface area contributed by atoms with Gasteiger partial charge in [-0.25, -0.2) is 0 Å². The van der Waals surface area contributed by atoms with Gasteiger partial charge in [-0.3, -0.25) is 19.4 Å². The molecule has 6 nitrogen and oxygen atoms in total. The Kier molecular flexibility index (Phi) is 10.2. The molecule has 2 aromatic rings. The van der Waals surface area contributed by atoms with Crippen LogP contribution in [0.15, 0.2) is 48.5 Å². The molecule has 0 bridgehead atoms. The molecule has 0 spiro atoms. The SMILES string of the molecule is CC(C)(C)c1ccc(CN2C(C)(C)CC(C(C(=O)O)(C(=O)O)C3CC(C)(C)N(Cc4ccc(C(C)(C)C)cc4)C(C)(C)C3)CC2(C)C)cc1. The Labute approximate surface area is 297 Å². The minimum atomic E-state index is -1.90. The number of likely N-dealkylation sites (tertiary alicyclic amines) is 2. The third-order valence-corrected chi connectivity index (χ3v) is 12.2. The largest absolute Gasteiger partial charge is 0.480 e. The molecule has 2 aliphatic rings. The molecular formula is C43H66N2O4. The number of carbonyl (C=O) groups is 2. The fraction of sp³-hybridized carbons (Fsp3) is 0.674. The molecule has 2 heterocycles. The summed E-state index contributed by atoms with van der Waals surface area (Å²) in [6.45, 7) is 32.1. The third-order valence-electron chi connectivity index (χ3n) is 12.2. The van der Waals surface area contributed by atoms with Crippen LogP contribution in [0, 0.1) is 17.3 Å². The maximum atomic E-state index is 13.7. The molecule has 0 radical (unpaired) electrons. The number of nitrogens with zero attached hydrogens (tertiary/aromatic N) is 2. The maximum Gasteiger partial charge on any atom is 0.321 e. The number of rotatable bonds is 8. The topological polar surface area (TPSA) is 81.1 Å². The van der Waals surface area contributed by atoms with Crippen molar-refractivity contribution in [2.45, 2.75) is 169 Å². The molecule has 6 heteroatoms. The van der Waals surface area contributed by atoms with Gasteiger partial charge in [-0.2, -0.15) is 0 Å². The van der Waals surface area contributed by atoms with E-state index in [1.807, 2.05) is 0 Å². The highest BCUT2D eigenvalue weighted by Gasteiger charge is 2.65. The molecule has 0 saturated carbocycles. The standard InChI is InChI=1S/C43H66N2O4/c1-37(2,3)31-19-15-29(16-20-31)27-44-39(7,8)23-33(24-40(44,9)10)43(35(46)47,36(48)49)34-25-41(11,12)45(42(13,14)26-34)28-30-17-21-32(22-18-30)38(4,5)6/h15-22,33-34H,23-28H2,1-14H3,(H,46,47)(H,48,49). The summed E-state index contributed by atoms with van der Waals surface area (Å²) in [5.41, 5.74) is 1.56. The number of carboxylic acids is 2. The monoisotopic (exact) mass is 675 g/mol. The predicted octanol–water partition coefficient (Wildman–Crippen LogP) is 9.68. The van der Waals surface area contributed by atoms with Crippen molar-refractivity contribution in [3.05, 3.63) is 70.8 Å². The summed E-state index contributed by atoms with van der Waals surface area (Å²) in [4.78, 5) is 32.3. The first-order valence-corrected chi connectivity index (χ1v) is 18.4. The van der Waals surface area contributed by atoms with Gasteiger partial charge in [0.1, 0.15) is 0 Å². The predicted molar refractivity (Wildman–Crippen MR) is 201 cm³/mol. The second kappa shape index (κ2) is 12.8. The molecule has 2 aliphatic heterocycles. The van der Waals surface area contributed by atoms with E-state index in [-0.39, 0.29) is 10.8 Å². The smallest absolute Gasteiger partial charge is 0.321 e. The fourth-order valence-corrected chi connectivity index (χ4v) is 9.84. The molecule has 4 rings (SSSR count). The van der Waals surface area contributed by atoms with Gasteiger partial charge < -0.3 is 10.2 Å². The summed E-state index contributed by atoms with van der Waals surface area (Å²) in [5.74, 6) is -3.43. The average molecular weight is 675 g/mol. The van der Waals surface area contributed by atoms with Gasteiger partial charge in [-0.1, -0.05) is 90.1 Å². The van der Waals surface area contributed by atoms with Crippen LogP contribution in [-0.4, -0.2) is 54.1 Å². The number of piperidine rings is 2. The zero-order chi connectivity index (χ0) is 37.2. The van der Waals surface area contributed by atoms with E-state index in [2.05, 4.69) is 155 Å². The molecule has 272 valence electrons. The second-order valence-electron chi connectivity index (χ2n) is 20.0. The molecule has 2 aromatic carbocycles. The number of aliphatic carboxylic acids is 2. The Bertz CT molecular complexity index is 1350. The van der Waals surface area contributed by atoms with E-state index in [1.54, 1.807) is 0 Å². The summed E-state index contributed by atoms with van der Waals surface area (Å²) < 4.78 is 0. The zero-order valence-corrected chi connectivity index (χ0v) is 33.1. The molecular weight excluding hydrogens is 608 g/mol. The van der Waals surface area contributed by atoms with Crippen molar-refractivity contribution in [1.29, 1.82) is 0 Å². The summed E-state index contributed by atoms with van der Waals surface area (Å²) in [6.07, 6.45) is 1.99. The van der Waals surface area contributed by atoms with Gasteiger partial charge in [0.05, 0.1) is 0 Å². The van der Waals surface area contributed by atoms with Gasteiger partial charge >= 0.3 is 11.9 Å². The van der Waals surface area contributed by atoms with Crippen molar-refractivity contribution in [1.82, 2.24) is 9.80 Å². The minimum absolute atomic E-state index is 0.0728. The lowest BCUT2D eigenvalue weighted by atomic mass is 9.53. The molecule has 0 unspecified atom stereocenters. The number of hydrogen-bond acceptors (Lipinski definition) is 4. The van der Waals surface area contributed by atoms with Crippen molar-refractivity contribution in [2.24, 2.45) is 17.3 Å². The summed E-state index contributed by atoms with van der Waals surface area (Å²) in [7, 11) is 0. The number of hydrogen-bond donors (Lipinski definition) is 2. The first-order valence-electron chi connectivity index (χ1n) is 18.4. The Morgan fingerprint density at radius 2 is 0.796 bits per heavy atom. The lowest BCUT2D eigenvalue weighted by molar-refractivity contribution is -0.192. The van der Waals surface area contributed by atoms with E-state index in [0.717, 1.165) is 13.1 Å². The lowest BCUT2D eigenvalue weighted by Crippen LogP contribution is -2.68. The lowest BCUT2D eigenvalue weighted by Gasteiger charge is -2.61. The fourth-order valence-electron chi connectivity index (χ4n) is 9.84. The van der Waals surface area contributed by atoms with Crippen molar-refractivity contribution in [3.8, 4) is 0 Å². The van der Waals surface area contributed by atoms with Crippen LogP contribution >= 0.6 is 0 Å². The summed E-state index contributed by atoms with van der Waals surface area (Å²) >= 11 is 0. The number of benzene rings is 2. The Balaban J connectivity index is 1.66. The van der Waals surface area contributed by atoms with Crippen molar-refractivity contribution >= 4 is 11.9 Å². The summed E-state index contributed by atoms with van der Waals surface area (Å²) in [5, 5.41) is 22.3. The minimum Gasteiger partial charge on any atom is -0.480 e. The first kappa shape index (κ1) is 39.1. The van der Waals surface area contributed by atoms with E-state index in [1.165, 1.54) is 22.3 Å². The average Bonchev–Trinajstić information content (AvgIpc) is 2.91. The first-order chi connectivity index (χ1) is 22.1. The molecule has 0 atom stereocenters. The third kappa shape index (κ3) is 7.66. The Morgan fingerprint density at radius 3 is 1.00 bits per heavy atom. The van der Waals surface area contributed by atoms with E-state index in [9.17, 15) is 19.8 Å². The van der Waals surface area contributed by atoms with Crippen molar-refractivity contribution in [2.75, 3.05) is 0 Å². The van der Waals surface area contributed by atoms with Crippen LogP contribution in [0.25, 0.3) is 0 Å². The summed E-state index contributed by atoms with van der Waals surface area (Å²) in [6, 6.07) is 17.6. The van der Waals surface area contributed by atoms with E-state index >= 15 is 0 Å². The Morgan fingerprint density at radius 1 is 0.551 bits per heavy atom. The van der Waals surface area contributed by atoms with E-state index in [0.29, 0.717) is 25.7 Å². The van der Waals surface area contributed by atoms with Crippen LogP contribution in [0.2, 0.25) is 0 Å². The zero-order valence-electron chi connectivity index (χ0n) is 33.1. The highest BCUT2D eigenvalue weighted by molar-refractivity contribution is 5.99. The molecule has 2 saturated heterocycles. The van der Waals surface area contributed by atoms with E-state index in [4.69, 9.17) is 0 Å². The highest BCUT2D eigenvalue weighted by Crippen LogP contribution is 2.57. The van der Waals surface area contributed by atoms with E-state index < -0.39 is 51.3 Å². The molecule has 2 N–H and O–H groups in total. The van der Waals surface area contributed by atoms with Crippen LogP contribution in [0.4, 0.5) is 0 Å². The normalized spacial score (nSPS) is 22.2. The Hall–Kier alpha value is -2.70. The maximum absolute atomic E-state index is 13.7. The van der Waals surface area contributed by atoms with Gasteiger partial charge in [0.25, 0.3) is 0 Å². The van der Waals surface area contributed by atoms with Crippen LogP contribution in [0.3, 0.4) is 0 Å². The van der Waals surface area contributed by atoms with Gasteiger partial charge in [-0.15, -0.1) is 0 Å². The highest BCUT2D eigenvalue weighted by atomic mass is 16.4. The van der Waals surface area contributed by atoms with Crippen LogP contribution in [0.1, 0.15) is 145 Å². The van der Waals surface area contributed by atoms with Crippen LogP contribution < -0.4 is 0 Å². The molecule has 0 aliphatic carbocycles. The molecule has 49 heavy (non-hydrogen) atoms. The quantitative estimate of drug-likeness (QED) is 0.272. The molecule has 0 aromatic heterocycles. The van der Waals surface area contributed by atoms with Crippen molar-refractivity contribution < 1.29 is 19.8 Å². The van der Waals surface area contributed by atoms with Gasteiger partial charge in [0.2, 0.25) is 0 Å². The van der Waals surface area contributed by atoms with Gasteiger partial charge in [0, 0.05) is 35.2 Å². The van der Waals surface area contributed by atoms with Crippen molar-refractivity contribution in [3.63, 3.8) is 0 Å². The van der Waals surface area contributed by atoms with Crippen LogP contribution in [0.5, 0.6) is 0 Å². The van der Waals surface area contributed by atoms with Gasteiger partial charge in [-0.05, 0) is 126 Å². The molecule has 0 amide bonds. The molecule has 2 fully saturated rings.